The number of carboxylic acid groups (broad SMARTS) is 1. The minimum Gasteiger partial charge on any atom is -0.481 e. The van der Waals surface area contributed by atoms with Gasteiger partial charge < -0.3 is 15.7 Å². The predicted octanol–water partition coefficient (Wildman–Crippen LogP) is 4.36. The van der Waals surface area contributed by atoms with E-state index in [1.807, 2.05) is 45.1 Å². The molecule has 0 aliphatic rings. The van der Waals surface area contributed by atoms with Crippen molar-refractivity contribution in [2.45, 2.75) is 33.6 Å². The van der Waals surface area contributed by atoms with E-state index in [9.17, 15) is 4.79 Å². The summed E-state index contributed by atoms with van der Waals surface area (Å²) in [6.45, 7) is 13.8. The summed E-state index contributed by atoms with van der Waals surface area (Å²) in [5.74, 6) is -0.834. The maximum atomic E-state index is 10.6. The highest BCUT2D eigenvalue weighted by Gasteiger charge is 2.02. The molecule has 0 radical (unpaired) electrons. The van der Waals surface area contributed by atoms with Gasteiger partial charge >= 0.3 is 5.97 Å². The van der Waals surface area contributed by atoms with E-state index in [0.29, 0.717) is 6.67 Å². The van der Waals surface area contributed by atoms with Crippen molar-refractivity contribution in [3.8, 4) is 0 Å². The molecule has 25 heavy (non-hydrogen) atoms. The molecule has 1 aromatic rings. The molecule has 0 amide bonds. The van der Waals surface area contributed by atoms with Crippen LogP contribution < -0.4 is 10.6 Å². The highest BCUT2D eigenvalue weighted by Crippen LogP contribution is 2.11. The van der Waals surface area contributed by atoms with Crippen molar-refractivity contribution in [3.05, 3.63) is 66.0 Å². The van der Waals surface area contributed by atoms with E-state index in [1.165, 1.54) is 0 Å². The first-order valence-electron chi connectivity index (χ1n) is 8.39. The first kappa shape index (κ1) is 22.2. The van der Waals surface area contributed by atoms with E-state index < -0.39 is 5.97 Å². The zero-order valence-corrected chi connectivity index (χ0v) is 15.4. The molecule has 0 fully saturated rings. The van der Waals surface area contributed by atoms with Crippen LogP contribution >= 0.6 is 0 Å². The maximum absolute atomic E-state index is 10.6. The molecule has 0 atom stereocenters. The Hall–Kier alpha value is -2.82. The van der Waals surface area contributed by atoms with Gasteiger partial charge in [-0.05, 0) is 36.9 Å². The van der Waals surface area contributed by atoms with Crippen molar-refractivity contribution in [2.24, 2.45) is 4.99 Å². The van der Waals surface area contributed by atoms with Crippen LogP contribution in [-0.4, -0.2) is 24.5 Å². The maximum Gasteiger partial charge on any atom is 0.307 e. The van der Waals surface area contributed by atoms with Gasteiger partial charge in [0.05, 0.1) is 24.5 Å². The summed E-state index contributed by atoms with van der Waals surface area (Å²) in [5.41, 5.74) is 3.29. The lowest BCUT2D eigenvalue weighted by Crippen LogP contribution is -2.22. The molecular weight excluding hydrogens is 314 g/mol. The fourth-order valence-electron chi connectivity index (χ4n) is 1.96. The van der Waals surface area contributed by atoms with E-state index >= 15 is 0 Å². The molecule has 0 bridgehead atoms. The van der Waals surface area contributed by atoms with E-state index in [4.69, 9.17) is 5.11 Å². The van der Waals surface area contributed by atoms with Gasteiger partial charge in [0, 0.05) is 5.69 Å². The molecule has 0 aliphatic heterocycles. The average molecular weight is 343 g/mol. The molecule has 0 aliphatic carbocycles. The summed E-state index contributed by atoms with van der Waals surface area (Å²) in [6.07, 6.45) is 6.41. The van der Waals surface area contributed by atoms with Crippen LogP contribution in [0.4, 0.5) is 5.69 Å². The lowest BCUT2D eigenvalue weighted by Gasteiger charge is -2.13. The number of aliphatic carboxylic acids is 1. The second-order valence-corrected chi connectivity index (χ2v) is 4.77. The topological polar surface area (TPSA) is 73.7 Å². The summed E-state index contributed by atoms with van der Waals surface area (Å²) in [4.78, 5) is 14.7. The molecule has 0 aromatic heterocycles. The lowest BCUT2D eigenvalue weighted by atomic mass is 10.1. The van der Waals surface area contributed by atoms with Gasteiger partial charge in [-0.2, -0.15) is 0 Å². The number of benzene rings is 1. The SMILES string of the molecule is C=C/C=C(NCNc1ccc(CC(=O)O)cc1)\C(=C/CC)N=C.CC. The van der Waals surface area contributed by atoms with Crippen molar-refractivity contribution in [3.63, 3.8) is 0 Å². The van der Waals surface area contributed by atoms with Crippen LogP contribution in [0.25, 0.3) is 0 Å². The van der Waals surface area contributed by atoms with Gasteiger partial charge in [0.1, 0.15) is 0 Å². The minimum atomic E-state index is -0.834. The highest BCUT2D eigenvalue weighted by molar-refractivity contribution is 5.70. The van der Waals surface area contributed by atoms with Crippen molar-refractivity contribution in [2.75, 3.05) is 12.0 Å². The first-order valence-corrected chi connectivity index (χ1v) is 8.39. The quantitative estimate of drug-likeness (QED) is 0.335. The Morgan fingerprint density at radius 2 is 1.92 bits per heavy atom. The fraction of sp³-hybridized carbons (Fsp3) is 0.300. The molecule has 0 saturated heterocycles. The zero-order chi connectivity index (χ0) is 19.1. The number of carbonyl (C=O) groups is 1. The third-order valence-corrected chi connectivity index (χ3v) is 3.01. The highest BCUT2D eigenvalue weighted by atomic mass is 16.4. The number of rotatable bonds is 10. The second kappa shape index (κ2) is 13.6. The van der Waals surface area contributed by atoms with E-state index in [-0.39, 0.29) is 6.42 Å². The van der Waals surface area contributed by atoms with Crippen LogP contribution in [-0.2, 0) is 11.2 Å². The molecule has 0 saturated carbocycles. The molecule has 5 nitrogen and oxygen atoms in total. The van der Waals surface area contributed by atoms with Crippen LogP contribution in [0.2, 0.25) is 0 Å². The lowest BCUT2D eigenvalue weighted by molar-refractivity contribution is -0.136. The molecule has 1 rings (SSSR count). The first-order chi connectivity index (χ1) is 12.1. The number of aliphatic imine (C=N–C) groups is 1. The number of nitrogens with zero attached hydrogens (tertiary/aromatic N) is 1. The molecule has 0 heterocycles. The summed E-state index contributed by atoms with van der Waals surface area (Å²) >= 11 is 0. The molecule has 3 N–H and O–H groups in total. The number of hydrogen-bond donors (Lipinski definition) is 3. The molecule has 0 unspecified atom stereocenters. The second-order valence-electron chi connectivity index (χ2n) is 4.77. The minimum absolute atomic E-state index is 0.0287. The van der Waals surface area contributed by atoms with Crippen LogP contribution in [0, 0.1) is 0 Å². The fourth-order valence-corrected chi connectivity index (χ4v) is 1.96. The van der Waals surface area contributed by atoms with Crippen LogP contribution in [0.5, 0.6) is 0 Å². The number of anilines is 1. The Bertz CT molecular complexity index is 602. The van der Waals surface area contributed by atoms with Gasteiger partial charge in [-0.1, -0.05) is 51.6 Å². The Labute approximate surface area is 150 Å². The van der Waals surface area contributed by atoms with Crippen molar-refractivity contribution >= 4 is 18.4 Å². The number of allylic oxidation sites excluding steroid dienone is 3. The van der Waals surface area contributed by atoms with Crippen molar-refractivity contribution < 1.29 is 9.90 Å². The van der Waals surface area contributed by atoms with Crippen molar-refractivity contribution in [1.29, 1.82) is 0 Å². The molecule has 0 spiro atoms. The van der Waals surface area contributed by atoms with Gasteiger partial charge in [0.25, 0.3) is 0 Å². The van der Waals surface area contributed by atoms with Gasteiger partial charge in [0.15, 0.2) is 0 Å². The summed E-state index contributed by atoms with van der Waals surface area (Å²) in [7, 11) is 0. The van der Waals surface area contributed by atoms with Crippen molar-refractivity contribution in [1.82, 2.24) is 5.32 Å². The third-order valence-electron chi connectivity index (χ3n) is 3.01. The van der Waals surface area contributed by atoms with Gasteiger partial charge in [0.2, 0.25) is 0 Å². The van der Waals surface area contributed by atoms with Gasteiger partial charge in [-0.15, -0.1) is 0 Å². The van der Waals surface area contributed by atoms with Crippen LogP contribution in [0.15, 0.2) is 65.5 Å². The summed E-state index contributed by atoms with van der Waals surface area (Å²) in [6, 6.07) is 7.30. The monoisotopic (exact) mass is 343 g/mol. The van der Waals surface area contributed by atoms with Crippen LogP contribution in [0.1, 0.15) is 32.8 Å². The van der Waals surface area contributed by atoms with E-state index in [2.05, 4.69) is 28.9 Å². The Balaban J connectivity index is 0.00000277. The van der Waals surface area contributed by atoms with Gasteiger partial charge in [-0.3, -0.25) is 9.79 Å². The normalized spacial score (nSPS) is 11.0. The molecular formula is C20H29N3O2. The number of nitrogens with one attached hydrogen (secondary N) is 2. The predicted molar refractivity (Wildman–Crippen MR) is 107 cm³/mol. The number of hydrogen-bond acceptors (Lipinski definition) is 4. The Kier molecular flexibility index (Phi) is 12.1. The summed E-state index contributed by atoms with van der Waals surface area (Å²) in [5, 5.41) is 15.2. The number of carboxylic acids is 1. The van der Waals surface area contributed by atoms with Gasteiger partial charge in [-0.25, -0.2) is 0 Å². The third kappa shape index (κ3) is 9.15. The average Bonchev–Trinajstić information content (AvgIpc) is 2.62. The Morgan fingerprint density at radius 3 is 2.40 bits per heavy atom. The smallest absolute Gasteiger partial charge is 0.307 e. The van der Waals surface area contributed by atoms with Crippen LogP contribution in [0.3, 0.4) is 0 Å². The standard InChI is InChI=1S/C18H23N3O2.C2H6/c1-4-6-16(19-3)17(7-5-2)21-13-20-15-10-8-14(9-11-15)12-18(22)23;1-2/h5-11,20-21H,2-4,12-13H2,1H3,(H,22,23);1-2H3/b16-6+,17-7+;. The van der Waals surface area contributed by atoms with E-state index in [1.54, 1.807) is 18.2 Å². The zero-order valence-electron chi connectivity index (χ0n) is 15.4. The largest absolute Gasteiger partial charge is 0.481 e. The summed E-state index contributed by atoms with van der Waals surface area (Å²) < 4.78 is 0. The molecule has 136 valence electrons. The molecule has 1 aromatic carbocycles. The Morgan fingerprint density at radius 1 is 1.28 bits per heavy atom. The molecule has 5 heteroatoms. The van der Waals surface area contributed by atoms with E-state index in [0.717, 1.165) is 29.1 Å².